The van der Waals surface area contributed by atoms with Crippen LogP contribution in [-0.2, 0) is 25.7 Å². The minimum Gasteiger partial charge on any atom is -0.465 e. The molecule has 31 heavy (non-hydrogen) atoms. The molecule has 1 aliphatic carbocycles. The van der Waals surface area contributed by atoms with Crippen molar-refractivity contribution in [2.24, 2.45) is 5.92 Å². The normalized spacial score (nSPS) is 18.2. The van der Waals surface area contributed by atoms with E-state index in [0.29, 0.717) is 5.56 Å². The van der Waals surface area contributed by atoms with Gasteiger partial charge in [0.15, 0.2) is 5.78 Å². The van der Waals surface area contributed by atoms with E-state index in [4.69, 9.17) is 4.74 Å². The van der Waals surface area contributed by atoms with Gasteiger partial charge in [0.05, 0.1) is 12.7 Å². The summed E-state index contributed by atoms with van der Waals surface area (Å²) in [6.07, 6.45) is 0.0588. The molecule has 2 unspecified atom stereocenters. The van der Waals surface area contributed by atoms with E-state index in [1.54, 1.807) is 24.3 Å². The van der Waals surface area contributed by atoms with Crippen LogP contribution in [0.3, 0.4) is 0 Å². The molecule has 0 spiro atoms. The van der Waals surface area contributed by atoms with Gasteiger partial charge in [0.1, 0.15) is 11.7 Å². The molecule has 2 aromatic carbocycles. The third-order valence-electron chi connectivity index (χ3n) is 5.75. The Morgan fingerprint density at radius 2 is 1.74 bits per heavy atom. The zero-order chi connectivity index (χ0) is 22.7. The van der Waals surface area contributed by atoms with Crippen molar-refractivity contribution in [1.82, 2.24) is 5.32 Å². The van der Waals surface area contributed by atoms with E-state index in [-0.39, 0.29) is 36.9 Å². The van der Waals surface area contributed by atoms with E-state index in [2.05, 4.69) is 5.32 Å². The Kier molecular flexibility index (Phi) is 6.68. The lowest BCUT2D eigenvalue weighted by Gasteiger charge is -2.16. The molecular formula is C25H27NO5. The van der Waals surface area contributed by atoms with Crippen LogP contribution >= 0.6 is 0 Å². The maximum atomic E-state index is 13.0. The molecule has 162 valence electrons. The van der Waals surface area contributed by atoms with Crippen molar-refractivity contribution in [2.45, 2.75) is 46.1 Å². The van der Waals surface area contributed by atoms with Gasteiger partial charge >= 0.3 is 5.97 Å². The number of ketones is 2. The lowest BCUT2D eigenvalue weighted by atomic mass is 9.86. The average molecular weight is 421 g/mol. The molecule has 1 saturated carbocycles. The molecule has 0 heterocycles. The monoisotopic (exact) mass is 421 g/mol. The Balaban J connectivity index is 1.65. The highest BCUT2D eigenvalue weighted by Crippen LogP contribution is 2.37. The third-order valence-corrected chi connectivity index (χ3v) is 5.75. The highest BCUT2D eigenvalue weighted by molar-refractivity contribution is 6.15. The Morgan fingerprint density at radius 1 is 1.06 bits per heavy atom. The first kappa shape index (κ1) is 22.4. The number of rotatable bonds is 6. The number of carbonyl (C=O) groups is 4. The summed E-state index contributed by atoms with van der Waals surface area (Å²) in [6, 6.07) is 10.7. The van der Waals surface area contributed by atoms with Crippen molar-refractivity contribution in [3.63, 3.8) is 0 Å². The topological polar surface area (TPSA) is 89.5 Å². The van der Waals surface area contributed by atoms with Gasteiger partial charge in [-0.25, -0.2) is 4.79 Å². The van der Waals surface area contributed by atoms with Gasteiger partial charge in [-0.1, -0.05) is 29.8 Å². The fourth-order valence-corrected chi connectivity index (χ4v) is 4.40. The molecule has 2 aromatic rings. The van der Waals surface area contributed by atoms with E-state index < -0.39 is 17.8 Å². The minimum absolute atomic E-state index is 0.0261. The molecular weight excluding hydrogens is 394 g/mol. The molecule has 0 bridgehead atoms. The quantitative estimate of drug-likeness (QED) is 0.571. The van der Waals surface area contributed by atoms with Crippen LogP contribution in [-0.4, -0.2) is 30.6 Å². The summed E-state index contributed by atoms with van der Waals surface area (Å²) in [4.78, 5) is 49.8. The maximum Gasteiger partial charge on any atom is 0.337 e. The van der Waals surface area contributed by atoms with Gasteiger partial charge in [-0.3, -0.25) is 14.4 Å². The number of hydrogen-bond acceptors (Lipinski definition) is 5. The van der Waals surface area contributed by atoms with Crippen LogP contribution in [0.15, 0.2) is 36.4 Å². The molecule has 1 aliphatic rings. The number of amides is 1. The molecule has 1 amide bonds. The van der Waals surface area contributed by atoms with Crippen LogP contribution in [0.5, 0.6) is 0 Å². The van der Waals surface area contributed by atoms with E-state index in [9.17, 15) is 19.2 Å². The van der Waals surface area contributed by atoms with Crippen molar-refractivity contribution < 1.29 is 23.9 Å². The number of methoxy groups -OCH3 is 1. The molecule has 1 N–H and O–H groups in total. The van der Waals surface area contributed by atoms with Gasteiger partial charge < -0.3 is 10.1 Å². The number of carbonyl (C=O) groups excluding carboxylic acids is 4. The van der Waals surface area contributed by atoms with Crippen LogP contribution in [0, 0.1) is 26.7 Å². The first-order valence-corrected chi connectivity index (χ1v) is 10.3. The lowest BCUT2D eigenvalue weighted by molar-refractivity contribution is -0.128. The van der Waals surface area contributed by atoms with E-state index in [1.807, 2.05) is 32.9 Å². The number of aryl methyl sites for hydroxylation is 3. The number of hydrogen-bond donors (Lipinski definition) is 1. The van der Waals surface area contributed by atoms with Gasteiger partial charge in [0.25, 0.3) is 0 Å². The highest BCUT2D eigenvalue weighted by Gasteiger charge is 2.43. The van der Waals surface area contributed by atoms with E-state index in [0.717, 1.165) is 27.8 Å². The molecule has 2 atom stereocenters. The van der Waals surface area contributed by atoms with Crippen LogP contribution in [0.25, 0.3) is 0 Å². The molecule has 0 saturated heterocycles. The van der Waals surface area contributed by atoms with Crippen LogP contribution in [0.1, 0.15) is 56.9 Å². The van der Waals surface area contributed by atoms with Gasteiger partial charge in [-0.2, -0.15) is 0 Å². The molecule has 6 heteroatoms. The first-order chi connectivity index (χ1) is 14.7. The third kappa shape index (κ3) is 4.90. The van der Waals surface area contributed by atoms with Gasteiger partial charge in [0.2, 0.25) is 5.91 Å². The van der Waals surface area contributed by atoms with Crippen molar-refractivity contribution in [3.05, 3.63) is 69.8 Å². The summed E-state index contributed by atoms with van der Waals surface area (Å²) < 4.78 is 4.70. The van der Waals surface area contributed by atoms with Crippen LogP contribution < -0.4 is 5.32 Å². The Hall–Kier alpha value is -3.28. The fourth-order valence-electron chi connectivity index (χ4n) is 4.40. The Labute approximate surface area is 182 Å². The van der Waals surface area contributed by atoms with Crippen molar-refractivity contribution in [3.8, 4) is 0 Å². The number of ether oxygens (including phenoxy) is 1. The second kappa shape index (κ2) is 9.25. The zero-order valence-corrected chi connectivity index (χ0v) is 18.3. The van der Waals surface area contributed by atoms with E-state index in [1.165, 1.54) is 7.11 Å². The zero-order valence-electron chi connectivity index (χ0n) is 18.3. The summed E-state index contributed by atoms with van der Waals surface area (Å²) in [6.45, 7) is 6.03. The Bertz CT molecular complexity index is 1030. The van der Waals surface area contributed by atoms with Gasteiger partial charge in [-0.05, 0) is 55.2 Å². The number of benzene rings is 2. The first-order valence-electron chi connectivity index (χ1n) is 10.3. The van der Waals surface area contributed by atoms with Crippen molar-refractivity contribution >= 4 is 23.4 Å². The summed E-state index contributed by atoms with van der Waals surface area (Å²) in [5.41, 5.74) is 4.87. The molecule has 0 aromatic heterocycles. The smallest absolute Gasteiger partial charge is 0.337 e. The SMILES string of the molecule is COC(=O)c1cccc(CNC(=O)CC2CC(=O)C(c3c(C)cc(C)cc3C)C2=O)c1. The second-order valence-electron chi connectivity index (χ2n) is 8.19. The maximum absolute atomic E-state index is 13.0. The van der Waals surface area contributed by atoms with E-state index >= 15 is 0 Å². The summed E-state index contributed by atoms with van der Waals surface area (Å²) in [7, 11) is 1.31. The average Bonchev–Trinajstić information content (AvgIpc) is 2.99. The van der Waals surface area contributed by atoms with Crippen LogP contribution in [0.2, 0.25) is 0 Å². The molecule has 6 nitrogen and oxygen atoms in total. The lowest BCUT2D eigenvalue weighted by Crippen LogP contribution is -2.27. The summed E-state index contributed by atoms with van der Waals surface area (Å²) >= 11 is 0. The largest absolute Gasteiger partial charge is 0.465 e. The minimum atomic E-state index is -0.782. The van der Waals surface area contributed by atoms with Crippen LogP contribution in [0.4, 0.5) is 0 Å². The second-order valence-corrected chi connectivity index (χ2v) is 8.19. The molecule has 0 radical (unpaired) electrons. The van der Waals surface area contributed by atoms with Crippen molar-refractivity contribution in [2.75, 3.05) is 7.11 Å². The predicted molar refractivity (Wildman–Crippen MR) is 116 cm³/mol. The highest BCUT2D eigenvalue weighted by atomic mass is 16.5. The molecule has 0 aliphatic heterocycles. The standard InChI is InChI=1S/C25H27NO5/c1-14-8-15(2)22(16(3)9-14)23-20(27)11-19(24(23)29)12-21(28)26-13-17-6-5-7-18(10-17)25(30)31-4/h5-10,19,23H,11-13H2,1-4H3,(H,26,28). The number of nitrogens with one attached hydrogen (secondary N) is 1. The number of Topliss-reactive ketones (excluding diaryl/α,β-unsaturated/α-hetero) is 2. The summed E-state index contributed by atoms with van der Waals surface area (Å²) in [5.74, 6) is -2.44. The molecule has 3 rings (SSSR count). The predicted octanol–water partition coefficient (Wildman–Crippen LogP) is 3.35. The van der Waals surface area contributed by atoms with Crippen molar-refractivity contribution in [1.29, 1.82) is 0 Å². The number of esters is 1. The van der Waals surface area contributed by atoms with Gasteiger partial charge in [-0.15, -0.1) is 0 Å². The van der Waals surface area contributed by atoms with Gasteiger partial charge in [0, 0.05) is 25.3 Å². The molecule has 1 fully saturated rings. The summed E-state index contributed by atoms with van der Waals surface area (Å²) in [5, 5.41) is 2.78. The Morgan fingerprint density at radius 3 is 2.39 bits per heavy atom. The fraction of sp³-hybridized carbons (Fsp3) is 0.360.